The van der Waals surface area contributed by atoms with Crippen molar-refractivity contribution in [3.63, 3.8) is 0 Å². The summed E-state index contributed by atoms with van der Waals surface area (Å²) >= 11 is 13.7. The van der Waals surface area contributed by atoms with Gasteiger partial charge in [0.1, 0.15) is 0 Å². The summed E-state index contributed by atoms with van der Waals surface area (Å²) < 4.78 is 1.93. The molecular formula is C24H21Cl2N5OS. The summed E-state index contributed by atoms with van der Waals surface area (Å²) in [5.74, 6) is 0.553. The Balaban J connectivity index is 1.60. The lowest BCUT2D eigenvalue weighted by Crippen LogP contribution is -2.30. The minimum absolute atomic E-state index is 0.0993. The fourth-order valence-electron chi connectivity index (χ4n) is 3.24. The summed E-state index contributed by atoms with van der Waals surface area (Å²) in [6.45, 7) is 4.21. The number of nitrogens with one attached hydrogen (secondary N) is 1. The van der Waals surface area contributed by atoms with E-state index in [1.165, 1.54) is 11.8 Å². The number of pyridine rings is 1. The molecular weight excluding hydrogens is 477 g/mol. The van der Waals surface area contributed by atoms with Crippen molar-refractivity contribution in [2.45, 2.75) is 30.8 Å². The van der Waals surface area contributed by atoms with E-state index >= 15 is 0 Å². The van der Waals surface area contributed by atoms with Crippen LogP contribution in [-0.2, 0) is 11.3 Å². The normalized spacial score (nSPS) is 11.9. The van der Waals surface area contributed by atoms with Gasteiger partial charge < -0.3 is 5.32 Å². The van der Waals surface area contributed by atoms with Crippen molar-refractivity contribution in [2.24, 2.45) is 0 Å². The maximum Gasteiger partial charge on any atom is 0.233 e. The molecule has 168 valence electrons. The minimum atomic E-state index is -0.398. The molecule has 0 spiro atoms. The maximum absolute atomic E-state index is 12.8. The average Bonchev–Trinajstić information content (AvgIpc) is 3.24. The summed E-state index contributed by atoms with van der Waals surface area (Å²) in [7, 11) is 0. The topological polar surface area (TPSA) is 72.7 Å². The molecule has 4 aromatic rings. The molecule has 0 saturated heterocycles. The highest BCUT2D eigenvalue weighted by molar-refractivity contribution is 8.00. The highest BCUT2D eigenvalue weighted by atomic mass is 35.5. The first-order chi connectivity index (χ1) is 15.9. The maximum atomic E-state index is 12.8. The van der Waals surface area contributed by atoms with Crippen molar-refractivity contribution in [3.8, 4) is 17.1 Å². The lowest BCUT2D eigenvalue weighted by atomic mass is 10.2. The second-order valence-electron chi connectivity index (χ2n) is 7.37. The van der Waals surface area contributed by atoms with Gasteiger partial charge in [0, 0.05) is 34.5 Å². The molecule has 4 rings (SSSR count). The van der Waals surface area contributed by atoms with Crippen LogP contribution in [0, 0.1) is 6.92 Å². The Morgan fingerprint density at radius 1 is 1.06 bits per heavy atom. The van der Waals surface area contributed by atoms with Gasteiger partial charge in [-0.3, -0.25) is 14.3 Å². The van der Waals surface area contributed by atoms with Crippen molar-refractivity contribution in [1.82, 2.24) is 25.1 Å². The van der Waals surface area contributed by atoms with Gasteiger partial charge >= 0.3 is 0 Å². The van der Waals surface area contributed by atoms with Crippen molar-refractivity contribution in [2.75, 3.05) is 0 Å². The predicted octanol–water partition coefficient (Wildman–Crippen LogP) is 5.74. The van der Waals surface area contributed by atoms with Crippen LogP contribution in [0.2, 0.25) is 10.0 Å². The average molecular weight is 498 g/mol. The first-order valence-corrected chi connectivity index (χ1v) is 11.9. The molecule has 1 atom stereocenters. The third-order valence-electron chi connectivity index (χ3n) is 5.08. The molecule has 1 amide bonds. The van der Waals surface area contributed by atoms with E-state index in [9.17, 15) is 4.79 Å². The molecule has 9 heteroatoms. The Bertz CT molecular complexity index is 1260. The van der Waals surface area contributed by atoms with Crippen molar-refractivity contribution < 1.29 is 4.79 Å². The summed E-state index contributed by atoms with van der Waals surface area (Å²) in [4.78, 5) is 16.9. The van der Waals surface area contributed by atoms with E-state index in [0.29, 0.717) is 27.6 Å². The van der Waals surface area contributed by atoms with Gasteiger partial charge in [-0.05, 0) is 61.4 Å². The molecule has 0 saturated carbocycles. The van der Waals surface area contributed by atoms with E-state index in [0.717, 1.165) is 22.4 Å². The second-order valence-corrected chi connectivity index (χ2v) is 9.52. The molecule has 0 bridgehead atoms. The van der Waals surface area contributed by atoms with Gasteiger partial charge in [-0.1, -0.05) is 53.2 Å². The van der Waals surface area contributed by atoms with Crippen LogP contribution in [0.25, 0.3) is 17.1 Å². The van der Waals surface area contributed by atoms with E-state index in [4.69, 9.17) is 23.2 Å². The lowest BCUT2D eigenvalue weighted by molar-refractivity contribution is -0.120. The molecule has 0 fully saturated rings. The number of carbonyl (C=O) groups excluding carboxylic acids is 1. The molecule has 33 heavy (non-hydrogen) atoms. The molecule has 2 aromatic carbocycles. The zero-order chi connectivity index (χ0) is 23.4. The Kier molecular flexibility index (Phi) is 7.33. The second kappa shape index (κ2) is 10.4. The van der Waals surface area contributed by atoms with Gasteiger partial charge in [-0.2, -0.15) is 0 Å². The monoisotopic (exact) mass is 497 g/mol. The molecule has 0 aliphatic heterocycles. The minimum Gasteiger partial charge on any atom is -0.351 e. The van der Waals surface area contributed by atoms with Gasteiger partial charge in [-0.25, -0.2) is 0 Å². The number of hydrogen-bond acceptors (Lipinski definition) is 5. The zero-order valence-corrected chi connectivity index (χ0v) is 20.3. The number of aromatic nitrogens is 4. The Hall–Kier alpha value is -2.87. The Morgan fingerprint density at radius 3 is 2.52 bits per heavy atom. The molecule has 1 unspecified atom stereocenters. The fraction of sp³-hybridized carbons (Fsp3) is 0.167. The summed E-state index contributed by atoms with van der Waals surface area (Å²) in [5, 5.41) is 13.3. The van der Waals surface area contributed by atoms with E-state index < -0.39 is 5.25 Å². The van der Waals surface area contributed by atoms with E-state index in [2.05, 4.69) is 20.5 Å². The summed E-state index contributed by atoms with van der Waals surface area (Å²) in [6.07, 6.45) is 3.41. The van der Waals surface area contributed by atoms with Gasteiger partial charge in [0.25, 0.3) is 0 Å². The van der Waals surface area contributed by atoms with Crippen molar-refractivity contribution >= 4 is 40.9 Å². The van der Waals surface area contributed by atoms with Crippen LogP contribution in [0.1, 0.15) is 18.1 Å². The number of benzene rings is 2. The molecule has 2 heterocycles. The molecule has 1 N–H and O–H groups in total. The van der Waals surface area contributed by atoms with E-state index in [1.54, 1.807) is 24.5 Å². The Labute approximate surface area is 206 Å². The third-order valence-corrected chi connectivity index (χ3v) is 6.79. The van der Waals surface area contributed by atoms with Crippen LogP contribution in [0.15, 0.2) is 72.1 Å². The molecule has 0 aliphatic carbocycles. The SMILES string of the molecule is Cc1c(Cl)cccc1-n1c(SC(C)C(=O)NCc2ccc(Cl)cc2)nnc1-c1ccncc1. The van der Waals surface area contributed by atoms with Gasteiger partial charge in [0.05, 0.1) is 10.9 Å². The first-order valence-electron chi connectivity index (χ1n) is 10.2. The Morgan fingerprint density at radius 2 is 1.79 bits per heavy atom. The van der Waals surface area contributed by atoms with Crippen LogP contribution >= 0.6 is 35.0 Å². The summed E-state index contributed by atoms with van der Waals surface area (Å²) in [5.41, 5.74) is 3.60. The number of rotatable bonds is 7. The number of amides is 1. The molecule has 0 radical (unpaired) electrons. The van der Waals surface area contributed by atoms with E-state index in [-0.39, 0.29) is 5.91 Å². The quantitative estimate of drug-likeness (QED) is 0.329. The van der Waals surface area contributed by atoms with Crippen LogP contribution in [0.3, 0.4) is 0 Å². The lowest BCUT2D eigenvalue weighted by Gasteiger charge is -2.16. The van der Waals surface area contributed by atoms with Crippen molar-refractivity contribution in [1.29, 1.82) is 0 Å². The van der Waals surface area contributed by atoms with Crippen molar-refractivity contribution in [3.05, 3.63) is 88.2 Å². The smallest absolute Gasteiger partial charge is 0.233 e. The number of hydrogen-bond donors (Lipinski definition) is 1. The third kappa shape index (κ3) is 5.38. The number of carbonyl (C=O) groups is 1. The van der Waals surface area contributed by atoms with Gasteiger partial charge in [0.2, 0.25) is 5.91 Å². The number of thioether (sulfide) groups is 1. The largest absolute Gasteiger partial charge is 0.351 e. The zero-order valence-electron chi connectivity index (χ0n) is 18.0. The highest BCUT2D eigenvalue weighted by Crippen LogP contribution is 2.33. The van der Waals surface area contributed by atoms with Gasteiger partial charge in [0.15, 0.2) is 11.0 Å². The van der Waals surface area contributed by atoms with Crippen LogP contribution < -0.4 is 5.32 Å². The van der Waals surface area contributed by atoms with Gasteiger partial charge in [-0.15, -0.1) is 10.2 Å². The van der Waals surface area contributed by atoms with E-state index in [1.807, 2.05) is 60.9 Å². The molecule has 6 nitrogen and oxygen atoms in total. The standard InChI is InChI=1S/C24H21Cl2N5OS/c1-15-20(26)4-3-5-21(15)31-22(18-10-12-27-13-11-18)29-30-24(31)33-16(2)23(32)28-14-17-6-8-19(25)9-7-17/h3-13,16H,14H2,1-2H3,(H,28,32). The van der Waals surface area contributed by atoms with Crippen LogP contribution in [-0.4, -0.2) is 30.9 Å². The highest BCUT2D eigenvalue weighted by Gasteiger charge is 2.23. The van der Waals surface area contributed by atoms with Crippen LogP contribution in [0.5, 0.6) is 0 Å². The fourth-order valence-corrected chi connectivity index (χ4v) is 4.42. The number of halogens is 2. The van der Waals surface area contributed by atoms with Crippen LogP contribution in [0.4, 0.5) is 0 Å². The molecule has 2 aromatic heterocycles. The predicted molar refractivity (Wildman–Crippen MR) is 133 cm³/mol. The summed E-state index contributed by atoms with van der Waals surface area (Å²) in [6, 6.07) is 16.8. The first kappa shape index (κ1) is 23.3. The number of nitrogens with zero attached hydrogens (tertiary/aromatic N) is 4. The molecule has 0 aliphatic rings.